The third kappa shape index (κ3) is 9.52. The summed E-state index contributed by atoms with van der Waals surface area (Å²) in [5, 5.41) is 11.3. The summed E-state index contributed by atoms with van der Waals surface area (Å²) in [6.45, 7) is 29.3. The van der Waals surface area contributed by atoms with Crippen LogP contribution in [0, 0.1) is 28.6 Å². The van der Waals surface area contributed by atoms with Crippen LogP contribution in [0.3, 0.4) is 0 Å². The molecule has 4 nitrogen and oxygen atoms in total. The van der Waals surface area contributed by atoms with Gasteiger partial charge in [0, 0.05) is 18.2 Å². The number of aliphatic hydroxyl groups excluding tert-OH is 1. The van der Waals surface area contributed by atoms with Gasteiger partial charge in [-0.1, -0.05) is 101 Å². The first-order chi connectivity index (χ1) is 18.1. The molecule has 40 heavy (non-hydrogen) atoms. The maximum atomic E-state index is 11.3. The Morgan fingerprint density at radius 2 is 1.23 bits per heavy atom. The minimum atomic E-state index is -0.684. The fourth-order valence-corrected chi connectivity index (χ4v) is 5.44. The Kier molecular flexibility index (Phi) is 11.0. The van der Waals surface area contributed by atoms with Gasteiger partial charge in [-0.3, -0.25) is 0 Å². The zero-order valence-corrected chi connectivity index (χ0v) is 28.0. The second kappa shape index (κ2) is 12.9. The molecular weight excluding hydrogens is 496 g/mol. The Morgan fingerprint density at radius 1 is 0.700 bits per heavy atom. The molecule has 3 unspecified atom stereocenters. The van der Waals surface area contributed by atoms with E-state index in [2.05, 4.69) is 99.6 Å². The SMILES string of the molecule is COC(c1cc(C)cc(C(O)C(C)(C)C)c1OCCOc1ccc(C(CC(C)(C)C)C(C)(C)C)cc1)C(C)(C)C. The van der Waals surface area contributed by atoms with E-state index >= 15 is 0 Å². The summed E-state index contributed by atoms with van der Waals surface area (Å²) < 4.78 is 18.5. The number of methoxy groups -OCH3 is 1. The number of rotatable bonds is 10. The Hall–Kier alpha value is -2.04. The second-order valence-corrected chi connectivity index (χ2v) is 16.0. The maximum Gasteiger partial charge on any atom is 0.131 e. The summed E-state index contributed by atoms with van der Waals surface area (Å²) in [7, 11) is 1.74. The number of hydrogen-bond donors (Lipinski definition) is 1. The largest absolute Gasteiger partial charge is 0.490 e. The van der Waals surface area contributed by atoms with Crippen LogP contribution < -0.4 is 9.47 Å². The fourth-order valence-electron chi connectivity index (χ4n) is 5.44. The Labute approximate surface area is 245 Å². The lowest BCUT2D eigenvalue weighted by atomic mass is 9.69. The van der Waals surface area contributed by atoms with E-state index in [-0.39, 0.29) is 27.8 Å². The highest BCUT2D eigenvalue weighted by Crippen LogP contribution is 2.46. The molecule has 2 rings (SSSR count). The van der Waals surface area contributed by atoms with Gasteiger partial charge in [-0.25, -0.2) is 0 Å². The van der Waals surface area contributed by atoms with Crippen LogP contribution in [0.2, 0.25) is 0 Å². The summed E-state index contributed by atoms with van der Waals surface area (Å²) in [6, 6.07) is 12.7. The van der Waals surface area contributed by atoms with Crippen LogP contribution in [0.25, 0.3) is 0 Å². The van der Waals surface area contributed by atoms with Crippen molar-refractivity contribution in [2.45, 2.75) is 115 Å². The fraction of sp³-hybridized carbons (Fsp3) is 0.667. The lowest BCUT2D eigenvalue weighted by molar-refractivity contribution is 0.0116. The van der Waals surface area contributed by atoms with Gasteiger partial charge in [-0.15, -0.1) is 0 Å². The molecule has 2 aromatic carbocycles. The van der Waals surface area contributed by atoms with Crippen molar-refractivity contribution in [2.24, 2.45) is 21.7 Å². The van der Waals surface area contributed by atoms with Gasteiger partial charge in [-0.2, -0.15) is 0 Å². The topological polar surface area (TPSA) is 47.9 Å². The van der Waals surface area contributed by atoms with Crippen LogP contribution in [0.1, 0.15) is 130 Å². The molecule has 0 aromatic heterocycles. The Morgan fingerprint density at radius 3 is 1.68 bits per heavy atom. The van der Waals surface area contributed by atoms with Gasteiger partial charge in [0.05, 0.1) is 12.2 Å². The molecule has 0 aliphatic heterocycles. The smallest absolute Gasteiger partial charge is 0.131 e. The van der Waals surface area contributed by atoms with Crippen molar-refractivity contribution in [2.75, 3.05) is 20.3 Å². The van der Waals surface area contributed by atoms with Gasteiger partial charge >= 0.3 is 0 Å². The molecule has 0 bridgehead atoms. The van der Waals surface area contributed by atoms with Gasteiger partial charge in [0.1, 0.15) is 24.7 Å². The first-order valence-corrected chi connectivity index (χ1v) is 14.9. The van der Waals surface area contributed by atoms with Crippen molar-refractivity contribution < 1.29 is 19.3 Å². The highest BCUT2D eigenvalue weighted by atomic mass is 16.5. The first-order valence-electron chi connectivity index (χ1n) is 14.9. The first kappa shape index (κ1) is 34.2. The summed E-state index contributed by atoms with van der Waals surface area (Å²) in [4.78, 5) is 0. The lowest BCUT2D eigenvalue weighted by Crippen LogP contribution is -2.24. The molecule has 0 saturated carbocycles. The van der Waals surface area contributed by atoms with Crippen molar-refractivity contribution in [3.63, 3.8) is 0 Å². The molecule has 0 amide bonds. The van der Waals surface area contributed by atoms with Crippen LogP contribution in [-0.4, -0.2) is 25.4 Å². The van der Waals surface area contributed by atoms with Crippen molar-refractivity contribution in [3.05, 3.63) is 58.7 Å². The number of benzene rings is 2. The van der Waals surface area contributed by atoms with E-state index in [1.807, 2.05) is 26.8 Å². The third-order valence-electron chi connectivity index (χ3n) is 7.45. The molecule has 4 heteroatoms. The predicted molar refractivity (Wildman–Crippen MR) is 168 cm³/mol. The summed E-state index contributed by atoms with van der Waals surface area (Å²) in [6.07, 6.45) is 0.255. The molecule has 0 aliphatic carbocycles. The van der Waals surface area contributed by atoms with Gasteiger partial charge in [-0.05, 0) is 70.8 Å². The van der Waals surface area contributed by atoms with Gasteiger partial charge in [0.15, 0.2) is 0 Å². The van der Waals surface area contributed by atoms with Crippen molar-refractivity contribution >= 4 is 0 Å². The zero-order valence-electron chi connectivity index (χ0n) is 28.0. The number of hydrogen-bond acceptors (Lipinski definition) is 4. The van der Waals surface area contributed by atoms with Crippen LogP contribution >= 0.6 is 0 Å². The summed E-state index contributed by atoms with van der Waals surface area (Å²) in [5.41, 5.74) is 4.12. The minimum absolute atomic E-state index is 0.152. The third-order valence-corrected chi connectivity index (χ3v) is 7.45. The molecule has 226 valence electrons. The Balaban J connectivity index is 2.26. The quantitative estimate of drug-likeness (QED) is 0.297. The van der Waals surface area contributed by atoms with E-state index < -0.39 is 6.10 Å². The average molecular weight is 555 g/mol. The molecule has 0 aliphatic rings. The molecule has 2 aromatic rings. The number of ether oxygens (including phenoxy) is 3. The van der Waals surface area contributed by atoms with E-state index in [1.54, 1.807) is 7.11 Å². The molecule has 3 atom stereocenters. The van der Waals surface area contributed by atoms with Gasteiger partial charge in [0.2, 0.25) is 0 Å². The highest BCUT2D eigenvalue weighted by molar-refractivity contribution is 5.48. The van der Waals surface area contributed by atoms with Crippen LogP contribution in [0.4, 0.5) is 0 Å². The molecule has 0 fully saturated rings. The van der Waals surface area contributed by atoms with Crippen molar-refractivity contribution in [1.29, 1.82) is 0 Å². The van der Waals surface area contributed by atoms with Crippen LogP contribution in [0.5, 0.6) is 11.5 Å². The van der Waals surface area contributed by atoms with Gasteiger partial charge in [0.25, 0.3) is 0 Å². The van der Waals surface area contributed by atoms with Crippen LogP contribution in [-0.2, 0) is 4.74 Å². The van der Waals surface area contributed by atoms with E-state index in [9.17, 15) is 5.11 Å². The monoisotopic (exact) mass is 554 g/mol. The van der Waals surface area contributed by atoms with Crippen molar-refractivity contribution in [3.8, 4) is 11.5 Å². The molecule has 0 spiro atoms. The Bertz CT molecular complexity index is 1070. The second-order valence-electron chi connectivity index (χ2n) is 16.0. The summed E-state index contributed by atoms with van der Waals surface area (Å²) >= 11 is 0. The van der Waals surface area contributed by atoms with Crippen molar-refractivity contribution in [1.82, 2.24) is 0 Å². The normalized spacial score (nSPS) is 15.5. The van der Waals surface area contributed by atoms with Gasteiger partial charge < -0.3 is 19.3 Å². The van der Waals surface area contributed by atoms with E-state index in [4.69, 9.17) is 14.2 Å². The number of aryl methyl sites for hydroxylation is 1. The maximum absolute atomic E-state index is 11.3. The molecule has 0 saturated heterocycles. The molecule has 1 N–H and O–H groups in total. The average Bonchev–Trinajstić information content (AvgIpc) is 2.78. The van der Waals surface area contributed by atoms with E-state index in [0.29, 0.717) is 24.9 Å². The number of aliphatic hydroxyl groups is 1. The van der Waals surface area contributed by atoms with E-state index in [0.717, 1.165) is 28.9 Å². The standard InChI is InChI=1S/C36H58O4/c1-24-21-27(31(37)35(8,9)10)30(28(22-24)32(38-14)36(11,12)13)40-20-19-39-26-17-15-25(16-18-26)29(34(5,6)7)23-33(2,3)4/h15-18,21-22,29,31-32,37H,19-20,23H2,1-14H3. The molecular formula is C36H58O4. The molecule has 0 radical (unpaired) electrons. The lowest BCUT2D eigenvalue weighted by Gasteiger charge is -2.36. The zero-order chi connectivity index (χ0) is 30.7. The predicted octanol–water partition coefficient (Wildman–Crippen LogP) is 9.83. The highest BCUT2D eigenvalue weighted by Gasteiger charge is 2.34. The molecule has 0 heterocycles. The van der Waals surface area contributed by atoms with E-state index in [1.165, 1.54) is 5.56 Å². The summed E-state index contributed by atoms with van der Waals surface area (Å²) in [5.74, 6) is 2.00. The minimum Gasteiger partial charge on any atom is -0.490 e. The van der Waals surface area contributed by atoms with Crippen LogP contribution in [0.15, 0.2) is 36.4 Å².